The Labute approximate surface area is 133 Å². The Morgan fingerprint density at radius 2 is 2.10 bits per heavy atom. The summed E-state index contributed by atoms with van der Waals surface area (Å²) in [5.41, 5.74) is 3.06. The number of anilines is 1. The Hall–Kier alpha value is -1.62. The molecule has 0 fully saturated rings. The van der Waals surface area contributed by atoms with E-state index in [1.807, 2.05) is 19.1 Å². The molecular weight excluding hydrogens is 330 g/mol. The van der Waals surface area contributed by atoms with E-state index in [9.17, 15) is 4.79 Å². The van der Waals surface area contributed by atoms with E-state index in [0.717, 1.165) is 12.1 Å². The summed E-state index contributed by atoms with van der Waals surface area (Å²) in [5.74, 6) is 0. The Bertz CT molecular complexity index is 681. The highest BCUT2D eigenvalue weighted by molar-refractivity contribution is 9.10. The van der Waals surface area contributed by atoms with Gasteiger partial charge in [-0.25, -0.2) is 4.68 Å². The smallest absolute Gasteiger partial charge is 0.283 e. The first-order valence-corrected chi connectivity index (χ1v) is 7.91. The molecule has 5 heteroatoms. The Morgan fingerprint density at radius 1 is 1.38 bits per heavy atom. The molecule has 0 aliphatic carbocycles. The molecule has 2 rings (SSSR count). The number of nitrogens with zero attached hydrogens (tertiary/aromatic N) is 2. The van der Waals surface area contributed by atoms with Crippen LogP contribution in [-0.2, 0) is 6.54 Å². The molecule has 0 saturated heterocycles. The molecule has 1 unspecified atom stereocenters. The zero-order valence-electron chi connectivity index (χ0n) is 12.6. The second-order valence-electron chi connectivity index (χ2n) is 5.12. The van der Waals surface area contributed by atoms with Crippen LogP contribution in [0, 0.1) is 6.92 Å². The summed E-state index contributed by atoms with van der Waals surface area (Å²) in [4.78, 5) is 12.2. The van der Waals surface area contributed by atoms with Crippen LogP contribution in [0.5, 0.6) is 0 Å². The van der Waals surface area contributed by atoms with Gasteiger partial charge in [-0.05, 0) is 47.3 Å². The van der Waals surface area contributed by atoms with Crippen LogP contribution in [0.25, 0.3) is 0 Å². The Morgan fingerprint density at radius 3 is 2.76 bits per heavy atom. The third kappa shape index (κ3) is 3.53. The van der Waals surface area contributed by atoms with Gasteiger partial charge in [0.15, 0.2) is 0 Å². The zero-order chi connectivity index (χ0) is 15.4. The predicted octanol–water partition coefficient (Wildman–Crippen LogP) is 3.90. The monoisotopic (exact) mass is 349 g/mol. The molecule has 0 aliphatic rings. The van der Waals surface area contributed by atoms with Crippen molar-refractivity contribution in [2.24, 2.45) is 0 Å². The number of hydrogen-bond acceptors (Lipinski definition) is 3. The minimum Gasteiger partial charge on any atom is -0.376 e. The average Bonchev–Trinajstić information content (AvgIpc) is 2.47. The lowest BCUT2D eigenvalue weighted by molar-refractivity contribution is 0.565. The van der Waals surface area contributed by atoms with Crippen molar-refractivity contribution < 1.29 is 0 Å². The first-order valence-electron chi connectivity index (χ1n) is 7.12. The van der Waals surface area contributed by atoms with E-state index < -0.39 is 0 Å². The van der Waals surface area contributed by atoms with Gasteiger partial charge in [-0.15, -0.1) is 0 Å². The van der Waals surface area contributed by atoms with Crippen molar-refractivity contribution in [3.8, 4) is 0 Å². The zero-order valence-corrected chi connectivity index (χ0v) is 14.1. The first kappa shape index (κ1) is 15.8. The van der Waals surface area contributed by atoms with Gasteiger partial charge in [-0.3, -0.25) is 4.79 Å². The highest BCUT2D eigenvalue weighted by Gasteiger charge is 2.13. The van der Waals surface area contributed by atoms with Crippen LogP contribution in [0.15, 0.2) is 39.7 Å². The molecule has 0 amide bonds. The van der Waals surface area contributed by atoms with Crippen molar-refractivity contribution in [2.45, 2.75) is 39.8 Å². The summed E-state index contributed by atoms with van der Waals surface area (Å²) in [6.07, 6.45) is 2.58. The van der Waals surface area contributed by atoms with Crippen molar-refractivity contribution in [1.29, 1.82) is 0 Å². The van der Waals surface area contributed by atoms with E-state index in [1.54, 1.807) is 6.20 Å². The molecule has 0 radical (unpaired) electrons. The minimum absolute atomic E-state index is 0.0983. The Balaban J connectivity index is 2.26. The van der Waals surface area contributed by atoms with E-state index in [-0.39, 0.29) is 11.6 Å². The fourth-order valence-corrected chi connectivity index (χ4v) is 2.74. The highest BCUT2D eigenvalue weighted by atomic mass is 79.9. The molecule has 1 aromatic carbocycles. The molecule has 1 atom stereocenters. The lowest BCUT2D eigenvalue weighted by atomic mass is 10.0. The maximum Gasteiger partial charge on any atom is 0.283 e. The summed E-state index contributed by atoms with van der Waals surface area (Å²) in [5, 5.41) is 7.56. The van der Waals surface area contributed by atoms with Gasteiger partial charge in [-0.2, -0.15) is 5.10 Å². The molecule has 112 valence electrons. The molecule has 1 N–H and O–H groups in total. The average molecular weight is 350 g/mol. The summed E-state index contributed by atoms with van der Waals surface area (Å²) < 4.78 is 2.01. The third-order valence-electron chi connectivity index (χ3n) is 3.45. The molecular formula is C16H20BrN3O. The van der Waals surface area contributed by atoms with E-state index >= 15 is 0 Å². The number of aromatic nitrogens is 2. The maximum atomic E-state index is 12.2. The van der Waals surface area contributed by atoms with Gasteiger partial charge in [0.25, 0.3) is 5.56 Å². The number of aryl methyl sites for hydroxylation is 2. The van der Waals surface area contributed by atoms with Crippen LogP contribution >= 0.6 is 15.9 Å². The molecule has 0 bridgehead atoms. The number of benzene rings is 1. The van der Waals surface area contributed by atoms with Crippen molar-refractivity contribution in [2.75, 3.05) is 5.32 Å². The van der Waals surface area contributed by atoms with Crippen LogP contribution in [-0.4, -0.2) is 9.78 Å². The van der Waals surface area contributed by atoms with Crippen LogP contribution in [0.3, 0.4) is 0 Å². The standard InChI is InChI=1S/C16H20BrN3O/c1-4-9-20-16(21)15(17)14(10-18-20)19-12(3)13-8-6-5-7-11(13)2/h5-8,10,12,19H,4,9H2,1-3H3. The predicted molar refractivity (Wildman–Crippen MR) is 89.7 cm³/mol. The fourth-order valence-electron chi connectivity index (χ4n) is 2.32. The fraction of sp³-hybridized carbons (Fsp3) is 0.375. The summed E-state index contributed by atoms with van der Waals surface area (Å²) in [6, 6.07) is 8.32. The second-order valence-corrected chi connectivity index (χ2v) is 5.92. The van der Waals surface area contributed by atoms with E-state index in [2.05, 4.69) is 52.3 Å². The topological polar surface area (TPSA) is 46.9 Å². The number of nitrogens with one attached hydrogen (secondary N) is 1. The second kappa shape index (κ2) is 6.89. The normalized spacial score (nSPS) is 12.2. The van der Waals surface area contributed by atoms with E-state index in [4.69, 9.17) is 0 Å². The van der Waals surface area contributed by atoms with Gasteiger partial charge >= 0.3 is 0 Å². The highest BCUT2D eigenvalue weighted by Crippen LogP contribution is 2.24. The van der Waals surface area contributed by atoms with Crippen molar-refractivity contribution in [1.82, 2.24) is 9.78 Å². The molecule has 1 heterocycles. The Kier molecular flexibility index (Phi) is 5.17. The van der Waals surface area contributed by atoms with Crippen molar-refractivity contribution >= 4 is 21.6 Å². The third-order valence-corrected chi connectivity index (χ3v) is 4.21. The SMILES string of the molecule is CCCn1ncc(NC(C)c2ccccc2C)c(Br)c1=O. The minimum atomic E-state index is -0.0983. The summed E-state index contributed by atoms with van der Waals surface area (Å²) in [7, 11) is 0. The largest absolute Gasteiger partial charge is 0.376 e. The van der Waals surface area contributed by atoms with Gasteiger partial charge in [-0.1, -0.05) is 31.2 Å². The molecule has 0 aliphatic heterocycles. The van der Waals surface area contributed by atoms with Crippen LogP contribution < -0.4 is 10.9 Å². The van der Waals surface area contributed by atoms with Gasteiger partial charge in [0.1, 0.15) is 4.47 Å². The van der Waals surface area contributed by atoms with Gasteiger partial charge < -0.3 is 5.32 Å². The molecule has 21 heavy (non-hydrogen) atoms. The maximum absolute atomic E-state index is 12.2. The number of rotatable bonds is 5. The molecule has 1 aromatic heterocycles. The molecule has 2 aromatic rings. The summed E-state index contributed by atoms with van der Waals surface area (Å²) >= 11 is 3.38. The van der Waals surface area contributed by atoms with Crippen LogP contribution in [0.4, 0.5) is 5.69 Å². The molecule has 0 saturated carbocycles. The van der Waals surface area contributed by atoms with E-state index in [0.29, 0.717) is 11.0 Å². The van der Waals surface area contributed by atoms with Crippen LogP contribution in [0.2, 0.25) is 0 Å². The lowest BCUT2D eigenvalue weighted by Crippen LogP contribution is -2.24. The molecule has 4 nitrogen and oxygen atoms in total. The quantitative estimate of drug-likeness (QED) is 0.890. The summed E-state index contributed by atoms with van der Waals surface area (Å²) in [6.45, 7) is 6.81. The molecule has 0 spiro atoms. The van der Waals surface area contributed by atoms with Gasteiger partial charge in [0, 0.05) is 12.6 Å². The van der Waals surface area contributed by atoms with Crippen molar-refractivity contribution in [3.05, 3.63) is 56.4 Å². The van der Waals surface area contributed by atoms with Gasteiger partial charge in [0.05, 0.1) is 11.9 Å². The lowest BCUT2D eigenvalue weighted by Gasteiger charge is -2.18. The van der Waals surface area contributed by atoms with Gasteiger partial charge in [0.2, 0.25) is 0 Å². The number of hydrogen-bond donors (Lipinski definition) is 1. The first-order chi connectivity index (χ1) is 10.0. The van der Waals surface area contributed by atoms with Crippen molar-refractivity contribution in [3.63, 3.8) is 0 Å². The number of halogens is 1. The van der Waals surface area contributed by atoms with E-state index in [1.165, 1.54) is 15.8 Å². The van der Waals surface area contributed by atoms with Crippen LogP contribution in [0.1, 0.15) is 37.4 Å².